The first kappa shape index (κ1) is 21.1. The molecule has 34 heavy (non-hydrogen) atoms. The lowest BCUT2D eigenvalue weighted by Crippen LogP contribution is -2.33. The first-order chi connectivity index (χ1) is 16.4. The third-order valence-electron chi connectivity index (χ3n) is 5.63. The molecule has 9 nitrogen and oxygen atoms in total. The SMILES string of the molecule is COc1ccc(CN2C(=O)c3ccccc3C2=O)cc1C(=O)ON1C(=O)c2ccccc2C1=O. The van der Waals surface area contributed by atoms with Gasteiger partial charge in [-0.15, -0.1) is 0 Å². The smallest absolute Gasteiger partial charge is 0.367 e. The van der Waals surface area contributed by atoms with E-state index in [2.05, 4.69) is 0 Å². The maximum Gasteiger partial charge on any atom is 0.367 e. The Labute approximate surface area is 193 Å². The fourth-order valence-electron chi connectivity index (χ4n) is 3.96. The maximum absolute atomic E-state index is 12.9. The van der Waals surface area contributed by atoms with Crippen LogP contribution in [0.25, 0.3) is 0 Å². The van der Waals surface area contributed by atoms with Crippen molar-refractivity contribution in [1.82, 2.24) is 9.96 Å². The molecule has 5 rings (SSSR count). The monoisotopic (exact) mass is 456 g/mol. The van der Waals surface area contributed by atoms with Crippen molar-refractivity contribution in [3.05, 3.63) is 100 Å². The second-order valence-electron chi connectivity index (χ2n) is 7.61. The van der Waals surface area contributed by atoms with E-state index in [1.54, 1.807) is 42.5 Å². The van der Waals surface area contributed by atoms with Crippen molar-refractivity contribution >= 4 is 29.6 Å². The quantitative estimate of drug-likeness (QED) is 0.543. The number of ether oxygens (including phenoxy) is 1. The van der Waals surface area contributed by atoms with Crippen LogP contribution in [-0.2, 0) is 11.4 Å². The van der Waals surface area contributed by atoms with E-state index in [0.29, 0.717) is 21.8 Å². The highest BCUT2D eigenvalue weighted by molar-refractivity contribution is 6.22. The van der Waals surface area contributed by atoms with Gasteiger partial charge in [-0.25, -0.2) is 4.79 Å². The molecule has 0 radical (unpaired) electrons. The van der Waals surface area contributed by atoms with Crippen LogP contribution in [0.3, 0.4) is 0 Å². The van der Waals surface area contributed by atoms with E-state index in [4.69, 9.17) is 9.57 Å². The molecule has 0 aliphatic carbocycles. The molecule has 2 aliphatic rings. The largest absolute Gasteiger partial charge is 0.496 e. The summed E-state index contributed by atoms with van der Waals surface area (Å²) in [4.78, 5) is 69.5. The van der Waals surface area contributed by atoms with Crippen LogP contribution in [0.1, 0.15) is 57.4 Å². The van der Waals surface area contributed by atoms with E-state index in [1.807, 2.05) is 0 Å². The van der Waals surface area contributed by atoms with Crippen LogP contribution in [0.15, 0.2) is 66.7 Å². The third kappa shape index (κ3) is 3.22. The molecule has 0 atom stereocenters. The molecule has 3 aromatic rings. The normalized spacial score (nSPS) is 14.4. The molecule has 0 saturated heterocycles. The summed E-state index contributed by atoms with van der Waals surface area (Å²) in [5.74, 6) is -3.26. The second kappa shape index (κ2) is 7.96. The van der Waals surface area contributed by atoms with Crippen LogP contribution in [0, 0.1) is 0 Å². The molecule has 168 valence electrons. The summed E-state index contributed by atoms with van der Waals surface area (Å²) in [5.41, 5.74) is 1.26. The molecule has 0 unspecified atom stereocenters. The number of fused-ring (bicyclic) bond motifs is 2. The average molecular weight is 456 g/mol. The van der Waals surface area contributed by atoms with Gasteiger partial charge >= 0.3 is 5.97 Å². The molecule has 3 aromatic carbocycles. The van der Waals surface area contributed by atoms with Gasteiger partial charge in [0.1, 0.15) is 11.3 Å². The summed E-state index contributed by atoms with van der Waals surface area (Å²) in [7, 11) is 1.35. The lowest BCUT2D eigenvalue weighted by atomic mass is 10.1. The van der Waals surface area contributed by atoms with Crippen molar-refractivity contribution in [2.75, 3.05) is 7.11 Å². The highest BCUT2D eigenvalue weighted by atomic mass is 16.7. The summed E-state index contributed by atoms with van der Waals surface area (Å²) in [5, 5.41) is 0.406. The average Bonchev–Trinajstić information content (AvgIpc) is 3.25. The Bertz CT molecular complexity index is 1340. The van der Waals surface area contributed by atoms with Gasteiger partial charge in [0.05, 0.1) is 35.9 Å². The zero-order valence-corrected chi connectivity index (χ0v) is 17.8. The van der Waals surface area contributed by atoms with E-state index >= 15 is 0 Å². The van der Waals surface area contributed by atoms with Crippen molar-refractivity contribution in [3.63, 3.8) is 0 Å². The summed E-state index contributed by atoms with van der Waals surface area (Å²) in [6.07, 6.45) is 0. The van der Waals surface area contributed by atoms with Gasteiger partial charge in [0.2, 0.25) is 0 Å². The van der Waals surface area contributed by atoms with Crippen molar-refractivity contribution in [2.45, 2.75) is 6.54 Å². The Kier molecular flexibility index (Phi) is 4.94. The van der Waals surface area contributed by atoms with Crippen molar-refractivity contribution in [1.29, 1.82) is 0 Å². The predicted octanol–water partition coefficient (Wildman–Crippen LogP) is 2.86. The Hall–Kier alpha value is -4.79. The molecular formula is C25H16N2O7. The number of carbonyl (C=O) groups excluding carboxylic acids is 5. The number of hydrogen-bond acceptors (Lipinski definition) is 7. The van der Waals surface area contributed by atoms with Crippen LogP contribution in [-0.4, -0.2) is 46.7 Å². The van der Waals surface area contributed by atoms with Gasteiger partial charge in [0.15, 0.2) is 0 Å². The molecule has 0 fully saturated rings. The molecule has 2 aliphatic heterocycles. The van der Waals surface area contributed by atoms with Crippen LogP contribution >= 0.6 is 0 Å². The summed E-state index contributed by atoms with van der Waals surface area (Å²) >= 11 is 0. The van der Waals surface area contributed by atoms with Crippen LogP contribution in [0.2, 0.25) is 0 Å². The zero-order valence-electron chi connectivity index (χ0n) is 17.8. The van der Waals surface area contributed by atoms with Gasteiger partial charge in [-0.3, -0.25) is 24.1 Å². The summed E-state index contributed by atoms with van der Waals surface area (Å²) < 4.78 is 5.23. The highest BCUT2D eigenvalue weighted by Gasteiger charge is 2.39. The standard InChI is InChI=1S/C25H16N2O7/c1-33-20-11-10-14(13-26-21(28)15-6-2-3-7-16(15)22(26)29)12-19(20)25(32)34-27-23(30)17-8-4-5-9-18(17)24(27)31/h2-12H,13H2,1H3. The van der Waals surface area contributed by atoms with Crippen molar-refractivity contribution < 1.29 is 33.5 Å². The minimum atomic E-state index is -1.00. The lowest BCUT2D eigenvalue weighted by Gasteiger charge is -2.17. The first-order valence-electron chi connectivity index (χ1n) is 10.2. The van der Waals surface area contributed by atoms with Crippen LogP contribution < -0.4 is 4.74 Å². The Morgan fingerprint density at radius 1 is 0.735 bits per heavy atom. The number of hydrogen-bond donors (Lipinski definition) is 0. The fraction of sp³-hybridized carbons (Fsp3) is 0.0800. The van der Waals surface area contributed by atoms with Gasteiger partial charge < -0.3 is 9.57 Å². The number of amides is 4. The molecule has 0 bridgehead atoms. The van der Waals surface area contributed by atoms with Gasteiger partial charge in [0, 0.05) is 0 Å². The van der Waals surface area contributed by atoms with Crippen molar-refractivity contribution in [3.8, 4) is 5.75 Å². The van der Waals surface area contributed by atoms with Gasteiger partial charge in [-0.2, -0.15) is 0 Å². The van der Waals surface area contributed by atoms with E-state index in [1.165, 1.54) is 31.4 Å². The number of benzene rings is 3. The van der Waals surface area contributed by atoms with E-state index < -0.39 is 29.6 Å². The molecular weight excluding hydrogens is 440 g/mol. The molecule has 4 amide bonds. The van der Waals surface area contributed by atoms with Gasteiger partial charge in [-0.1, -0.05) is 35.4 Å². The predicted molar refractivity (Wildman–Crippen MR) is 116 cm³/mol. The molecule has 0 spiro atoms. The molecule has 2 heterocycles. The van der Waals surface area contributed by atoms with Crippen molar-refractivity contribution in [2.24, 2.45) is 0 Å². The number of hydroxylamine groups is 2. The molecule has 9 heteroatoms. The fourth-order valence-corrected chi connectivity index (χ4v) is 3.96. The zero-order chi connectivity index (χ0) is 24.0. The van der Waals surface area contributed by atoms with Gasteiger partial charge in [0.25, 0.3) is 23.6 Å². The minimum absolute atomic E-state index is 0.0758. The van der Waals surface area contributed by atoms with Gasteiger partial charge in [-0.05, 0) is 42.0 Å². The summed E-state index contributed by atoms with van der Waals surface area (Å²) in [6.45, 7) is -0.0936. The number of methoxy groups -OCH3 is 1. The molecule has 0 aromatic heterocycles. The number of imide groups is 2. The Morgan fingerprint density at radius 3 is 1.74 bits per heavy atom. The van der Waals surface area contributed by atoms with Crippen LogP contribution in [0.5, 0.6) is 5.75 Å². The van der Waals surface area contributed by atoms with E-state index in [0.717, 1.165) is 4.90 Å². The molecule has 0 N–H and O–H groups in total. The summed E-state index contributed by atoms with van der Waals surface area (Å²) in [6, 6.07) is 17.1. The Balaban J connectivity index is 1.40. The van der Waals surface area contributed by atoms with E-state index in [-0.39, 0.29) is 29.0 Å². The topological polar surface area (TPSA) is 110 Å². The lowest BCUT2D eigenvalue weighted by molar-refractivity contribution is -0.0586. The number of nitrogens with zero attached hydrogens (tertiary/aromatic N) is 2. The Morgan fingerprint density at radius 2 is 1.24 bits per heavy atom. The van der Waals surface area contributed by atoms with E-state index in [9.17, 15) is 24.0 Å². The number of rotatable bonds is 5. The number of carbonyl (C=O) groups is 5. The third-order valence-corrected chi connectivity index (χ3v) is 5.63. The highest BCUT2D eigenvalue weighted by Crippen LogP contribution is 2.28. The van der Waals surface area contributed by atoms with Crippen LogP contribution in [0.4, 0.5) is 0 Å². The first-order valence-corrected chi connectivity index (χ1v) is 10.2. The second-order valence-corrected chi connectivity index (χ2v) is 7.61. The minimum Gasteiger partial charge on any atom is -0.496 e. The maximum atomic E-state index is 12.9. The molecule has 0 saturated carbocycles.